The van der Waals surface area contributed by atoms with Gasteiger partial charge in [-0.15, -0.1) is 12.4 Å². The average Bonchev–Trinajstić information content (AvgIpc) is 2.08. The number of carbonyl (C=O) groups excluding carboxylic acids is 1. The van der Waals surface area contributed by atoms with Crippen molar-refractivity contribution >= 4 is 18.3 Å². The van der Waals surface area contributed by atoms with E-state index in [2.05, 4.69) is 6.92 Å². The van der Waals surface area contributed by atoms with Crippen LogP contribution in [0.15, 0.2) is 0 Å². The van der Waals surface area contributed by atoms with Crippen molar-refractivity contribution in [2.45, 2.75) is 33.2 Å². The summed E-state index contributed by atoms with van der Waals surface area (Å²) in [5, 5.41) is 0. The molecule has 1 aliphatic rings. The third kappa shape index (κ3) is 3.14. The first-order valence-corrected chi connectivity index (χ1v) is 5.06. The Labute approximate surface area is 92.4 Å². The maximum Gasteiger partial charge on any atom is 0.225 e. The zero-order chi connectivity index (χ0) is 10.0. The van der Waals surface area contributed by atoms with Gasteiger partial charge in [-0.25, -0.2) is 0 Å². The highest BCUT2D eigenvalue weighted by Gasteiger charge is 2.27. The number of hydrogen-bond acceptors (Lipinski definition) is 2. The van der Waals surface area contributed by atoms with Crippen molar-refractivity contribution in [3.8, 4) is 0 Å². The van der Waals surface area contributed by atoms with Crippen LogP contribution in [0.4, 0.5) is 0 Å². The van der Waals surface area contributed by atoms with Gasteiger partial charge < -0.3 is 10.6 Å². The molecule has 0 bridgehead atoms. The van der Waals surface area contributed by atoms with Gasteiger partial charge in [0, 0.05) is 25.0 Å². The van der Waals surface area contributed by atoms with Crippen molar-refractivity contribution in [1.82, 2.24) is 4.90 Å². The highest BCUT2D eigenvalue weighted by Crippen LogP contribution is 2.16. The second-order valence-electron chi connectivity index (χ2n) is 4.37. The maximum atomic E-state index is 11.6. The number of piperidine rings is 1. The van der Waals surface area contributed by atoms with Crippen LogP contribution in [-0.4, -0.2) is 29.9 Å². The average molecular weight is 221 g/mol. The summed E-state index contributed by atoms with van der Waals surface area (Å²) in [5.41, 5.74) is 5.88. The second kappa shape index (κ2) is 5.56. The maximum absolute atomic E-state index is 11.6. The fourth-order valence-electron chi connectivity index (χ4n) is 1.73. The largest absolute Gasteiger partial charge is 0.342 e. The van der Waals surface area contributed by atoms with Crippen LogP contribution in [0.5, 0.6) is 0 Å². The molecule has 0 aromatic carbocycles. The Kier molecular flexibility index (Phi) is 5.45. The summed E-state index contributed by atoms with van der Waals surface area (Å²) >= 11 is 0. The molecule has 1 amide bonds. The van der Waals surface area contributed by atoms with E-state index in [-0.39, 0.29) is 30.3 Å². The number of nitrogens with two attached hydrogens (primary N) is 1. The topological polar surface area (TPSA) is 46.3 Å². The molecule has 1 saturated heterocycles. The Morgan fingerprint density at radius 3 is 2.50 bits per heavy atom. The van der Waals surface area contributed by atoms with E-state index >= 15 is 0 Å². The molecule has 1 rings (SSSR count). The molecule has 4 heteroatoms. The summed E-state index contributed by atoms with van der Waals surface area (Å²) in [6.07, 6.45) is 0.944. The zero-order valence-corrected chi connectivity index (χ0v) is 10.0. The van der Waals surface area contributed by atoms with Crippen molar-refractivity contribution in [3.05, 3.63) is 0 Å². The van der Waals surface area contributed by atoms with E-state index in [9.17, 15) is 4.79 Å². The van der Waals surface area contributed by atoms with Crippen LogP contribution in [0.1, 0.15) is 27.2 Å². The van der Waals surface area contributed by atoms with Crippen molar-refractivity contribution in [1.29, 1.82) is 0 Å². The minimum absolute atomic E-state index is 0. The van der Waals surface area contributed by atoms with E-state index < -0.39 is 0 Å². The van der Waals surface area contributed by atoms with Crippen molar-refractivity contribution in [2.75, 3.05) is 13.1 Å². The van der Waals surface area contributed by atoms with Crippen LogP contribution < -0.4 is 5.73 Å². The molecular weight excluding hydrogens is 200 g/mol. The molecule has 2 unspecified atom stereocenters. The lowest BCUT2D eigenvalue weighted by Crippen LogP contribution is -2.49. The SMILES string of the molecule is CC(C)C(=O)N1CCC(N)C(C)C1.Cl. The van der Waals surface area contributed by atoms with Gasteiger partial charge in [0.25, 0.3) is 0 Å². The van der Waals surface area contributed by atoms with Gasteiger partial charge in [-0.2, -0.15) is 0 Å². The second-order valence-corrected chi connectivity index (χ2v) is 4.37. The molecule has 1 heterocycles. The van der Waals surface area contributed by atoms with Crippen molar-refractivity contribution in [3.63, 3.8) is 0 Å². The van der Waals surface area contributed by atoms with Crippen LogP contribution >= 0.6 is 12.4 Å². The van der Waals surface area contributed by atoms with Gasteiger partial charge in [-0.1, -0.05) is 20.8 Å². The predicted octanol–water partition coefficient (Wildman–Crippen LogP) is 1.26. The summed E-state index contributed by atoms with van der Waals surface area (Å²) in [6, 6.07) is 0.274. The number of rotatable bonds is 1. The number of nitrogens with zero attached hydrogens (tertiary/aromatic N) is 1. The third-order valence-electron chi connectivity index (χ3n) is 2.78. The first-order chi connectivity index (χ1) is 6.02. The molecule has 2 N–H and O–H groups in total. The van der Waals surface area contributed by atoms with Gasteiger partial charge in [0.1, 0.15) is 0 Å². The number of amides is 1. The van der Waals surface area contributed by atoms with Crippen LogP contribution in [0, 0.1) is 11.8 Å². The monoisotopic (exact) mass is 220 g/mol. The molecule has 0 aromatic heterocycles. The van der Waals surface area contributed by atoms with Gasteiger partial charge in [-0.3, -0.25) is 4.79 Å². The minimum atomic E-state index is 0. The highest BCUT2D eigenvalue weighted by molar-refractivity contribution is 5.85. The molecule has 0 spiro atoms. The number of hydrogen-bond donors (Lipinski definition) is 1. The molecule has 1 aliphatic heterocycles. The predicted molar refractivity (Wildman–Crippen MR) is 60.4 cm³/mol. The molecule has 0 radical (unpaired) electrons. The van der Waals surface area contributed by atoms with Crippen LogP contribution in [-0.2, 0) is 4.79 Å². The van der Waals surface area contributed by atoms with Gasteiger partial charge in [0.2, 0.25) is 5.91 Å². The van der Waals surface area contributed by atoms with E-state index in [0.29, 0.717) is 5.92 Å². The summed E-state index contributed by atoms with van der Waals surface area (Å²) < 4.78 is 0. The Morgan fingerprint density at radius 2 is 2.07 bits per heavy atom. The molecule has 2 atom stereocenters. The molecule has 1 fully saturated rings. The van der Waals surface area contributed by atoms with E-state index in [1.807, 2.05) is 18.7 Å². The Hall–Kier alpha value is -0.280. The molecule has 0 aromatic rings. The number of likely N-dealkylation sites (tertiary alicyclic amines) is 1. The number of carbonyl (C=O) groups is 1. The number of halogens is 1. The lowest BCUT2D eigenvalue weighted by atomic mass is 9.94. The standard InChI is InChI=1S/C10H20N2O.ClH/c1-7(2)10(13)12-5-4-9(11)8(3)6-12;/h7-9H,4-6,11H2,1-3H3;1H. The van der Waals surface area contributed by atoms with Crippen molar-refractivity contribution in [2.24, 2.45) is 17.6 Å². The smallest absolute Gasteiger partial charge is 0.225 e. The Morgan fingerprint density at radius 1 is 1.50 bits per heavy atom. The van der Waals surface area contributed by atoms with Crippen LogP contribution in [0.2, 0.25) is 0 Å². The summed E-state index contributed by atoms with van der Waals surface area (Å²) in [4.78, 5) is 13.6. The van der Waals surface area contributed by atoms with Crippen LogP contribution in [0.3, 0.4) is 0 Å². The van der Waals surface area contributed by atoms with E-state index in [1.165, 1.54) is 0 Å². The molecule has 14 heavy (non-hydrogen) atoms. The Balaban J connectivity index is 0.00000169. The summed E-state index contributed by atoms with van der Waals surface area (Å²) in [7, 11) is 0. The first kappa shape index (κ1) is 13.7. The van der Waals surface area contributed by atoms with Gasteiger partial charge in [-0.05, 0) is 12.3 Å². The zero-order valence-electron chi connectivity index (χ0n) is 9.19. The molecule has 3 nitrogen and oxygen atoms in total. The highest BCUT2D eigenvalue weighted by atomic mass is 35.5. The van der Waals surface area contributed by atoms with Gasteiger partial charge in [0.15, 0.2) is 0 Å². The van der Waals surface area contributed by atoms with Crippen molar-refractivity contribution < 1.29 is 4.79 Å². The summed E-state index contributed by atoms with van der Waals surface area (Å²) in [5.74, 6) is 0.816. The lowest BCUT2D eigenvalue weighted by Gasteiger charge is -2.36. The fraction of sp³-hybridized carbons (Fsp3) is 0.900. The van der Waals surface area contributed by atoms with E-state index in [1.54, 1.807) is 0 Å². The molecule has 0 saturated carbocycles. The van der Waals surface area contributed by atoms with Gasteiger partial charge in [0.05, 0.1) is 0 Å². The molecule has 0 aliphatic carbocycles. The molecular formula is C10H21ClN2O. The Bertz CT molecular complexity index is 197. The van der Waals surface area contributed by atoms with Gasteiger partial charge >= 0.3 is 0 Å². The normalized spacial score (nSPS) is 27.4. The first-order valence-electron chi connectivity index (χ1n) is 5.06. The molecule has 84 valence electrons. The minimum Gasteiger partial charge on any atom is -0.342 e. The third-order valence-corrected chi connectivity index (χ3v) is 2.78. The summed E-state index contributed by atoms with van der Waals surface area (Å²) in [6.45, 7) is 7.67. The van der Waals surface area contributed by atoms with E-state index in [4.69, 9.17) is 5.73 Å². The van der Waals surface area contributed by atoms with E-state index in [0.717, 1.165) is 19.5 Å². The van der Waals surface area contributed by atoms with Crippen LogP contribution in [0.25, 0.3) is 0 Å². The lowest BCUT2D eigenvalue weighted by molar-refractivity contribution is -0.136. The fourth-order valence-corrected chi connectivity index (χ4v) is 1.73. The quantitative estimate of drug-likeness (QED) is 0.723.